The Morgan fingerprint density at radius 1 is 1.22 bits per heavy atom. The van der Waals surface area contributed by atoms with Crippen LogP contribution in [0.5, 0.6) is 0 Å². The maximum Gasteiger partial charge on any atom is 0.436 e. The van der Waals surface area contributed by atoms with E-state index in [4.69, 9.17) is 11.6 Å². The predicted molar refractivity (Wildman–Crippen MR) is 95.9 cm³/mol. The van der Waals surface area contributed by atoms with Crippen molar-refractivity contribution in [1.29, 1.82) is 0 Å². The van der Waals surface area contributed by atoms with Gasteiger partial charge in [0, 0.05) is 19.0 Å². The lowest BCUT2D eigenvalue weighted by atomic mass is 10.2. The first-order valence-electron chi connectivity index (χ1n) is 8.52. The van der Waals surface area contributed by atoms with Gasteiger partial charge in [-0.1, -0.05) is 41.9 Å². The van der Waals surface area contributed by atoms with Gasteiger partial charge in [0.2, 0.25) is 10.0 Å². The van der Waals surface area contributed by atoms with Crippen molar-refractivity contribution in [2.75, 3.05) is 6.54 Å². The Bertz CT molecular complexity index is 894. The van der Waals surface area contributed by atoms with Gasteiger partial charge in [-0.2, -0.15) is 18.3 Å². The molecule has 1 saturated carbocycles. The van der Waals surface area contributed by atoms with Gasteiger partial charge in [0.05, 0.1) is 16.5 Å². The molecule has 1 aromatic carbocycles. The SMILES string of the molecule is O=S(=O)(Cc1ccccc1)NCCCn1nc(C(F)(F)F)c(Cl)c1C1CC1. The summed E-state index contributed by atoms with van der Waals surface area (Å²) < 4.78 is 67.0. The van der Waals surface area contributed by atoms with E-state index in [0.29, 0.717) is 17.7 Å². The fourth-order valence-electron chi connectivity index (χ4n) is 2.85. The predicted octanol–water partition coefficient (Wildman–Crippen LogP) is 3.94. The molecule has 5 nitrogen and oxygen atoms in total. The molecule has 1 fully saturated rings. The van der Waals surface area contributed by atoms with Gasteiger partial charge in [-0.25, -0.2) is 13.1 Å². The van der Waals surface area contributed by atoms with E-state index < -0.39 is 21.9 Å². The second kappa shape index (κ2) is 7.81. The Labute approximate surface area is 160 Å². The highest BCUT2D eigenvalue weighted by molar-refractivity contribution is 7.88. The first kappa shape index (κ1) is 20.2. The lowest BCUT2D eigenvalue weighted by Crippen LogP contribution is -2.27. The van der Waals surface area contributed by atoms with E-state index in [1.54, 1.807) is 30.3 Å². The Morgan fingerprint density at radius 3 is 2.48 bits per heavy atom. The summed E-state index contributed by atoms with van der Waals surface area (Å²) >= 11 is 5.91. The number of benzene rings is 1. The van der Waals surface area contributed by atoms with Gasteiger partial charge in [-0.3, -0.25) is 4.68 Å². The van der Waals surface area contributed by atoms with Crippen LogP contribution in [-0.2, 0) is 28.5 Å². The summed E-state index contributed by atoms with van der Waals surface area (Å²) in [6.45, 7) is 0.271. The number of hydrogen-bond donors (Lipinski definition) is 1. The quantitative estimate of drug-likeness (QED) is 0.656. The van der Waals surface area contributed by atoms with Gasteiger partial charge in [0.1, 0.15) is 0 Å². The summed E-state index contributed by atoms with van der Waals surface area (Å²) in [5, 5.41) is 3.29. The zero-order valence-electron chi connectivity index (χ0n) is 14.3. The molecule has 1 aliphatic carbocycles. The Kier molecular flexibility index (Phi) is 5.83. The van der Waals surface area contributed by atoms with Crippen molar-refractivity contribution in [3.05, 3.63) is 52.3 Å². The van der Waals surface area contributed by atoms with Crippen LogP contribution in [0.3, 0.4) is 0 Å². The summed E-state index contributed by atoms with van der Waals surface area (Å²) in [5.41, 5.74) is -0.0124. The Hall–Kier alpha value is -1.58. The van der Waals surface area contributed by atoms with E-state index in [9.17, 15) is 21.6 Å². The van der Waals surface area contributed by atoms with Gasteiger partial charge in [0.25, 0.3) is 0 Å². The van der Waals surface area contributed by atoms with E-state index in [-0.39, 0.29) is 29.8 Å². The molecule has 27 heavy (non-hydrogen) atoms. The Morgan fingerprint density at radius 2 is 1.89 bits per heavy atom. The van der Waals surface area contributed by atoms with Crippen LogP contribution < -0.4 is 4.72 Å². The van der Waals surface area contributed by atoms with Gasteiger partial charge in [-0.15, -0.1) is 0 Å². The number of nitrogens with one attached hydrogen (secondary N) is 1. The van der Waals surface area contributed by atoms with Crippen LogP contribution in [0.1, 0.15) is 42.1 Å². The fourth-order valence-corrected chi connectivity index (χ4v) is 4.44. The molecule has 0 spiro atoms. The topological polar surface area (TPSA) is 64.0 Å². The molecular formula is C17H19ClF3N3O2S. The number of alkyl halides is 3. The summed E-state index contributed by atoms with van der Waals surface area (Å²) in [6, 6.07) is 8.73. The molecule has 1 N–H and O–H groups in total. The molecule has 0 radical (unpaired) electrons. The molecule has 3 rings (SSSR count). The fraction of sp³-hybridized carbons (Fsp3) is 0.471. The van der Waals surface area contributed by atoms with Crippen LogP contribution in [0.15, 0.2) is 30.3 Å². The van der Waals surface area contributed by atoms with E-state index in [2.05, 4.69) is 9.82 Å². The van der Waals surface area contributed by atoms with E-state index in [0.717, 1.165) is 12.8 Å². The molecule has 10 heteroatoms. The average molecular weight is 422 g/mol. The minimum atomic E-state index is -4.61. The van der Waals surface area contributed by atoms with Crippen molar-refractivity contribution in [3.63, 3.8) is 0 Å². The summed E-state index contributed by atoms with van der Waals surface area (Å²) in [7, 11) is -3.52. The second-order valence-electron chi connectivity index (χ2n) is 6.54. The molecular weight excluding hydrogens is 403 g/mol. The molecule has 0 saturated heterocycles. The lowest BCUT2D eigenvalue weighted by molar-refractivity contribution is -0.141. The summed E-state index contributed by atoms with van der Waals surface area (Å²) in [6.07, 6.45) is -2.73. The third-order valence-corrected chi connectivity index (χ3v) is 5.96. The number of nitrogens with zero attached hydrogens (tertiary/aromatic N) is 2. The van der Waals surface area contributed by atoms with Crippen LogP contribution in [-0.4, -0.2) is 24.7 Å². The molecule has 0 unspecified atom stereocenters. The molecule has 0 atom stereocenters. The van der Waals surface area contributed by atoms with Crippen molar-refractivity contribution in [3.8, 4) is 0 Å². The van der Waals surface area contributed by atoms with Crippen LogP contribution in [0, 0.1) is 0 Å². The van der Waals surface area contributed by atoms with Crippen LogP contribution in [0.25, 0.3) is 0 Å². The molecule has 1 aliphatic rings. The van der Waals surface area contributed by atoms with Crippen molar-refractivity contribution in [2.45, 2.75) is 43.7 Å². The monoisotopic (exact) mass is 421 g/mol. The largest absolute Gasteiger partial charge is 0.436 e. The number of aryl methyl sites for hydroxylation is 1. The zero-order valence-corrected chi connectivity index (χ0v) is 15.9. The normalized spacial score (nSPS) is 15.3. The third kappa shape index (κ3) is 5.24. The Balaban J connectivity index is 1.59. The number of sulfonamides is 1. The molecule has 0 bridgehead atoms. The van der Waals surface area contributed by atoms with E-state index in [1.165, 1.54) is 4.68 Å². The zero-order chi connectivity index (χ0) is 19.7. The van der Waals surface area contributed by atoms with E-state index in [1.807, 2.05) is 0 Å². The van der Waals surface area contributed by atoms with Crippen LogP contribution >= 0.6 is 11.6 Å². The maximum atomic E-state index is 13.0. The van der Waals surface area contributed by atoms with Crippen molar-refractivity contribution in [2.24, 2.45) is 0 Å². The molecule has 0 aliphatic heterocycles. The van der Waals surface area contributed by atoms with Gasteiger partial charge in [0.15, 0.2) is 5.69 Å². The standard InChI is InChI=1S/C17H19ClF3N3O2S/c18-14-15(13-7-8-13)24(23-16(14)17(19,20)21)10-4-9-22-27(25,26)11-12-5-2-1-3-6-12/h1-3,5-6,13,22H,4,7-11H2. The summed E-state index contributed by atoms with van der Waals surface area (Å²) in [4.78, 5) is 0. The summed E-state index contributed by atoms with van der Waals surface area (Å²) in [5.74, 6) is -0.150. The van der Waals surface area contributed by atoms with E-state index >= 15 is 0 Å². The third-order valence-electron chi connectivity index (χ3n) is 4.23. The van der Waals surface area contributed by atoms with Gasteiger partial charge < -0.3 is 0 Å². The number of halogens is 4. The minimum Gasteiger partial charge on any atom is -0.267 e. The molecule has 0 amide bonds. The highest BCUT2D eigenvalue weighted by Gasteiger charge is 2.41. The molecule has 1 heterocycles. The van der Waals surface area contributed by atoms with Crippen LogP contribution in [0.4, 0.5) is 13.2 Å². The molecule has 2 aromatic rings. The number of aromatic nitrogens is 2. The molecule has 1 aromatic heterocycles. The van der Waals surface area contributed by atoms with Gasteiger partial charge >= 0.3 is 6.18 Å². The van der Waals surface area contributed by atoms with Crippen LogP contribution in [0.2, 0.25) is 5.02 Å². The van der Waals surface area contributed by atoms with Crippen molar-refractivity contribution < 1.29 is 21.6 Å². The smallest absolute Gasteiger partial charge is 0.267 e. The van der Waals surface area contributed by atoms with Crippen molar-refractivity contribution >= 4 is 21.6 Å². The highest BCUT2D eigenvalue weighted by Crippen LogP contribution is 2.46. The van der Waals surface area contributed by atoms with Crippen molar-refractivity contribution in [1.82, 2.24) is 14.5 Å². The lowest BCUT2D eigenvalue weighted by Gasteiger charge is -2.09. The number of rotatable bonds is 8. The first-order valence-corrected chi connectivity index (χ1v) is 10.5. The minimum absolute atomic E-state index is 0.00382. The maximum absolute atomic E-state index is 13.0. The average Bonchev–Trinajstić information content (AvgIpc) is 3.34. The first-order chi connectivity index (χ1) is 12.7. The molecule has 148 valence electrons. The number of hydrogen-bond acceptors (Lipinski definition) is 3. The second-order valence-corrected chi connectivity index (χ2v) is 8.72. The van der Waals surface area contributed by atoms with Gasteiger partial charge in [-0.05, 0) is 24.8 Å². The highest BCUT2D eigenvalue weighted by atomic mass is 35.5.